The van der Waals surface area contributed by atoms with Crippen molar-refractivity contribution >= 4 is 21.6 Å². The van der Waals surface area contributed by atoms with E-state index in [-0.39, 0.29) is 0 Å². The molecule has 1 aliphatic rings. The number of pyridine rings is 1. The number of halogens is 1. The maximum absolute atomic E-state index is 5.63. The third-order valence-electron chi connectivity index (χ3n) is 3.15. The Labute approximate surface area is 105 Å². The molecule has 0 amide bonds. The van der Waals surface area contributed by atoms with Gasteiger partial charge >= 0.3 is 0 Å². The molecule has 1 atom stereocenters. The average Bonchev–Trinajstić information content (AvgIpc) is 2.30. The van der Waals surface area contributed by atoms with Crippen LogP contribution in [-0.2, 0) is 0 Å². The lowest BCUT2D eigenvalue weighted by Gasteiger charge is -2.34. The minimum Gasteiger partial charge on any atom is -0.370 e. The van der Waals surface area contributed by atoms with E-state index >= 15 is 0 Å². The summed E-state index contributed by atoms with van der Waals surface area (Å²) in [6.07, 6.45) is 7.48. The van der Waals surface area contributed by atoms with Crippen molar-refractivity contribution in [1.29, 1.82) is 0 Å². The van der Waals surface area contributed by atoms with Crippen LogP contribution in [0.5, 0.6) is 0 Å². The zero-order chi connectivity index (χ0) is 11.4. The zero-order valence-corrected chi connectivity index (χ0v) is 11.0. The van der Waals surface area contributed by atoms with Crippen molar-refractivity contribution in [2.75, 3.05) is 24.5 Å². The second-order valence-electron chi connectivity index (χ2n) is 4.39. The molecule has 1 aromatic rings. The van der Waals surface area contributed by atoms with E-state index in [1.165, 1.54) is 18.5 Å². The van der Waals surface area contributed by atoms with E-state index in [1.54, 1.807) is 0 Å². The summed E-state index contributed by atoms with van der Waals surface area (Å²) in [5.41, 5.74) is 6.85. The smallest absolute Gasteiger partial charge is 0.0564 e. The molecule has 4 heteroatoms. The van der Waals surface area contributed by atoms with Gasteiger partial charge in [0, 0.05) is 23.8 Å². The molecule has 0 aromatic carbocycles. The number of anilines is 1. The molecular weight excluding hydrogens is 266 g/mol. The fraction of sp³-hybridized carbons (Fsp3) is 0.583. The molecule has 1 aromatic heterocycles. The first kappa shape index (κ1) is 11.9. The van der Waals surface area contributed by atoms with Crippen LogP contribution < -0.4 is 10.6 Å². The quantitative estimate of drug-likeness (QED) is 0.926. The molecule has 0 saturated carbocycles. The molecule has 1 fully saturated rings. The monoisotopic (exact) mass is 283 g/mol. The SMILES string of the molecule is NCCC1CCCN(c2cncc(Br)c2)C1. The largest absolute Gasteiger partial charge is 0.370 e. The van der Waals surface area contributed by atoms with Crippen molar-refractivity contribution in [1.82, 2.24) is 4.98 Å². The lowest BCUT2D eigenvalue weighted by molar-refractivity contribution is 0.396. The maximum Gasteiger partial charge on any atom is 0.0564 e. The predicted octanol–water partition coefficient (Wildman–Crippen LogP) is 2.41. The number of aromatic nitrogens is 1. The molecule has 3 nitrogen and oxygen atoms in total. The third kappa shape index (κ3) is 2.95. The highest BCUT2D eigenvalue weighted by Gasteiger charge is 2.19. The van der Waals surface area contributed by atoms with Gasteiger partial charge in [0.05, 0.1) is 11.9 Å². The topological polar surface area (TPSA) is 42.1 Å². The van der Waals surface area contributed by atoms with E-state index in [2.05, 4.69) is 31.9 Å². The van der Waals surface area contributed by atoms with E-state index in [0.29, 0.717) is 0 Å². The number of nitrogens with zero attached hydrogens (tertiary/aromatic N) is 2. The minimum absolute atomic E-state index is 0.748. The van der Waals surface area contributed by atoms with Crippen LogP contribution in [0.4, 0.5) is 5.69 Å². The van der Waals surface area contributed by atoms with Gasteiger partial charge in [0.1, 0.15) is 0 Å². The molecule has 0 aliphatic carbocycles. The predicted molar refractivity (Wildman–Crippen MR) is 70.5 cm³/mol. The zero-order valence-electron chi connectivity index (χ0n) is 9.40. The summed E-state index contributed by atoms with van der Waals surface area (Å²) >= 11 is 3.47. The highest BCUT2D eigenvalue weighted by atomic mass is 79.9. The van der Waals surface area contributed by atoms with Gasteiger partial charge in [-0.05, 0) is 53.7 Å². The summed E-state index contributed by atoms with van der Waals surface area (Å²) in [7, 11) is 0. The van der Waals surface area contributed by atoms with Crippen molar-refractivity contribution in [3.63, 3.8) is 0 Å². The molecule has 1 aliphatic heterocycles. The Kier molecular flexibility index (Phi) is 4.18. The van der Waals surface area contributed by atoms with Crippen LogP contribution >= 0.6 is 15.9 Å². The van der Waals surface area contributed by atoms with Gasteiger partial charge in [-0.25, -0.2) is 0 Å². The average molecular weight is 284 g/mol. The van der Waals surface area contributed by atoms with Crippen LogP contribution in [0, 0.1) is 5.92 Å². The fourth-order valence-corrected chi connectivity index (χ4v) is 2.70. The normalized spacial score (nSPS) is 21.1. The van der Waals surface area contributed by atoms with Crippen molar-refractivity contribution in [3.8, 4) is 0 Å². The van der Waals surface area contributed by atoms with Crippen LogP contribution in [0.2, 0.25) is 0 Å². The number of hydrogen-bond acceptors (Lipinski definition) is 3. The van der Waals surface area contributed by atoms with E-state index in [4.69, 9.17) is 5.73 Å². The van der Waals surface area contributed by atoms with Crippen LogP contribution in [0.15, 0.2) is 22.9 Å². The summed E-state index contributed by atoms with van der Waals surface area (Å²) in [6, 6.07) is 2.14. The molecule has 88 valence electrons. The highest BCUT2D eigenvalue weighted by molar-refractivity contribution is 9.10. The minimum atomic E-state index is 0.748. The Bertz CT molecular complexity index is 341. The van der Waals surface area contributed by atoms with Crippen molar-refractivity contribution in [3.05, 3.63) is 22.9 Å². The second kappa shape index (κ2) is 5.64. The first-order chi connectivity index (χ1) is 7.79. The van der Waals surface area contributed by atoms with Gasteiger partial charge in [-0.2, -0.15) is 0 Å². The summed E-state index contributed by atoms with van der Waals surface area (Å²) in [5.74, 6) is 0.748. The van der Waals surface area contributed by atoms with Gasteiger partial charge in [-0.1, -0.05) is 0 Å². The first-order valence-electron chi connectivity index (χ1n) is 5.85. The standard InChI is InChI=1S/C12H18BrN3/c13-11-6-12(8-15-7-11)16-5-1-2-10(9-16)3-4-14/h6-8,10H,1-5,9,14H2. The van der Waals surface area contributed by atoms with E-state index in [1.807, 2.05) is 12.4 Å². The Morgan fingerprint density at radius 3 is 3.12 bits per heavy atom. The Balaban J connectivity index is 2.03. The van der Waals surface area contributed by atoms with Crippen LogP contribution in [-0.4, -0.2) is 24.6 Å². The van der Waals surface area contributed by atoms with Crippen LogP contribution in [0.25, 0.3) is 0 Å². The van der Waals surface area contributed by atoms with Gasteiger partial charge in [0.15, 0.2) is 0 Å². The van der Waals surface area contributed by atoms with Crippen molar-refractivity contribution in [2.24, 2.45) is 11.7 Å². The van der Waals surface area contributed by atoms with Gasteiger partial charge in [0.25, 0.3) is 0 Å². The molecule has 16 heavy (non-hydrogen) atoms. The van der Waals surface area contributed by atoms with Crippen molar-refractivity contribution < 1.29 is 0 Å². The molecule has 2 N–H and O–H groups in total. The molecule has 0 radical (unpaired) electrons. The van der Waals surface area contributed by atoms with Crippen LogP contribution in [0.1, 0.15) is 19.3 Å². The van der Waals surface area contributed by atoms with Crippen molar-refractivity contribution in [2.45, 2.75) is 19.3 Å². The molecule has 0 spiro atoms. The summed E-state index contributed by atoms with van der Waals surface area (Å²) in [4.78, 5) is 6.64. The molecular formula is C12H18BrN3. The third-order valence-corrected chi connectivity index (χ3v) is 3.58. The first-order valence-corrected chi connectivity index (χ1v) is 6.64. The van der Waals surface area contributed by atoms with E-state index < -0.39 is 0 Å². The molecule has 2 heterocycles. The Hall–Kier alpha value is -0.610. The van der Waals surface area contributed by atoms with Gasteiger partial charge < -0.3 is 10.6 Å². The number of nitrogens with two attached hydrogens (primary N) is 1. The van der Waals surface area contributed by atoms with E-state index in [9.17, 15) is 0 Å². The molecule has 0 bridgehead atoms. The second-order valence-corrected chi connectivity index (χ2v) is 5.31. The summed E-state index contributed by atoms with van der Waals surface area (Å²) in [5, 5.41) is 0. The highest BCUT2D eigenvalue weighted by Crippen LogP contribution is 2.25. The lowest BCUT2D eigenvalue weighted by Crippen LogP contribution is -2.36. The molecule has 1 saturated heterocycles. The van der Waals surface area contributed by atoms with Gasteiger partial charge in [0.2, 0.25) is 0 Å². The van der Waals surface area contributed by atoms with Crippen LogP contribution in [0.3, 0.4) is 0 Å². The molecule has 2 rings (SSSR count). The maximum atomic E-state index is 5.63. The fourth-order valence-electron chi connectivity index (χ4n) is 2.34. The number of rotatable bonds is 3. The Morgan fingerprint density at radius 2 is 2.38 bits per heavy atom. The van der Waals surface area contributed by atoms with Gasteiger partial charge in [-0.3, -0.25) is 4.98 Å². The number of hydrogen-bond donors (Lipinski definition) is 1. The summed E-state index contributed by atoms with van der Waals surface area (Å²) in [6.45, 7) is 3.06. The van der Waals surface area contributed by atoms with E-state index in [0.717, 1.165) is 36.4 Å². The lowest BCUT2D eigenvalue weighted by atomic mass is 9.94. The number of piperidine rings is 1. The van der Waals surface area contributed by atoms with Gasteiger partial charge in [-0.15, -0.1) is 0 Å². The summed E-state index contributed by atoms with van der Waals surface area (Å²) < 4.78 is 1.05. The Morgan fingerprint density at radius 1 is 1.50 bits per heavy atom. The molecule has 1 unspecified atom stereocenters.